The monoisotopic (exact) mass is 822 g/mol. The van der Waals surface area contributed by atoms with Gasteiger partial charge in [-0.3, -0.25) is 18.6 Å². The first-order valence-corrected chi connectivity index (χ1v) is 22.8. The van der Waals surface area contributed by atoms with E-state index in [-0.39, 0.29) is 32.6 Å². The second kappa shape index (κ2) is 39.9. The number of allylic oxidation sites excluding steroid dienone is 12. The summed E-state index contributed by atoms with van der Waals surface area (Å²) < 4.78 is 32.5. The van der Waals surface area contributed by atoms with Crippen LogP contribution in [0.4, 0.5) is 0 Å². The largest absolute Gasteiger partial charge is 0.472 e. The average Bonchev–Trinajstić information content (AvgIpc) is 3.18. The van der Waals surface area contributed by atoms with Gasteiger partial charge in [-0.2, -0.15) is 0 Å². The minimum atomic E-state index is -4.46. The number of nitrogens with two attached hydrogens (primary N) is 1. The Morgan fingerprint density at radius 3 is 1.77 bits per heavy atom. The van der Waals surface area contributed by atoms with Crippen molar-refractivity contribution in [1.29, 1.82) is 0 Å². The maximum Gasteiger partial charge on any atom is 0.472 e. The molecule has 0 saturated carbocycles. The number of phosphoric ester groups is 1. The van der Waals surface area contributed by atoms with Crippen molar-refractivity contribution in [1.82, 2.24) is 0 Å². The Kier molecular flexibility index (Phi) is 37.9. The van der Waals surface area contributed by atoms with Crippen LogP contribution in [-0.2, 0) is 32.7 Å². The summed E-state index contributed by atoms with van der Waals surface area (Å²) in [6.07, 6.45) is 42.6. The molecule has 0 aliphatic carbocycles. The summed E-state index contributed by atoms with van der Waals surface area (Å²) in [6.45, 7) is 3.27. The molecule has 0 saturated heterocycles. The van der Waals surface area contributed by atoms with E-state index in [1.807, 2.05) is 36.5 Å². The molecule has 57 heavy (non-hydrogen) atoms. The highest BCUT2D eigenvalue weighted by molar-refractivity contribution is 7.47. The van der Waals surface area contributed by atoms with Gasteiger partial charge < -0.3 is 30.3 Å². The van der Waals surface area contributed by atoms with Crippen LogP contribution in [-0.4, -0.2) is 71.7 Å². The van der Waals surface area contributed by atoms with Crippen molar-refractivity contribution in [3.05, 3.63) is 85.1 Å². The van der Waals surface area contributed by atoms with Crippen molar-refractivity contribution in [3.63, 3.8) is 0 Å². The van der Waals surface area contributed by atoms with Crippen LogP contribution < -0.4 is 5.73 Å². The van der Waals surface area contributed by atoms with E-state index in [1.165, 1.54) is 38.5 Å². The van der Waals surface area contributed by atoms with Gasteiger partial charge >= 0.3 is 19.8 Å². The lowest BCUT2D eigenvalue weighted by Crippen LogP contribution is -2.29. The Bertz CT molecular complexity index is 1240. The number of hydrogen-bond acceptors (Lipinski definition) is 10. The quantitative estimate of drug-likeness (QED) is 0.0153. The third kappa shape index (κ3) is 39.7. The van der Waals surface area contributed by atoms with Crippen molar-refractivity contribution in [2.45, 2.75) is 161 Å². The van der Waals surface area contributed by atoms with Crippen LogP contribution in [0.1, 0.15) is 142 Å². The molecule has 0 aromatic carbocycles. The average molecular weight is 822 g/mol. The van der Waals surface area contributed by atoms with Crippen molar-refractivity contribution in [2.75, 3.05) is 26.4 Å². The van der Waals surface area contributed by atoms with E-state index in [0.29, 0.717) is 32.1 Å². The number of aliphatic hydroxyl groups excluding tert-OH is 2. The van der Waals surface area contributed by atoms with Crippen molar-refractivity contribution < 1.29 is 47.8 Å². The number of aliphatic hydroxyl groups is 2. The summed E-state index contributed by atoms with van der Waals surface area (Å²) in [7, 11) is -4.46. The normalized spacial score (nSPS) is 15.3. The van der Waals surface area contributed by atoms with Gasteiger partial charge in [-0.05, 0) is 64.2 Å². The number of hydrogen-bond donors (Lipinski definition) is 4. The summed E-state index contributed by atoms with van der Waals surface area (Å²) in [5, 5.41) is 20.2. The first-order valence-electron chi connectivity index (χ1n) is 21.3. The van der Waals surface area contributed by atoms with Gasteiger partial charge in [-0.25, -0.2) is 4.57 Å². The molecule has 0 amide bonds. The highest BCUT2D eigenvalue weighted by atomic mass is 31.2. The van der Waals surface area contributed by atoms with Gasteiger partial charge in [0.1, 0.15) is 6.61 Å². The maximum absolute atomic E-state index is 12.6. The number of unbranched alkanes of at least 4 members (excludes halogenated alkanes) is 9. The smallest absolute Gasteiger partial charge is 0.462 e. The van der Waals surface area contributed by atoms with Gasteiger partial charge in [-0.1, -0.05) is 150 Å². The van der Waals surface area contributed by atoms with Crippen LogP contribution in [0.15, 0.2) is 85.1 Å². The third-order valence-electron chi connectivity index (χ3n) is 8.46. The molecule has 0 heterocycles. The van der Waals surface area contributed by atoms with E-state index in [2.05, 4.69) is 44.2 Å². The van der Waals surface area contributed by atoms with Crippen molar-refractivity contribution in [3.8, 4) is 0 Å². The Hall–Kier alpha value is -2.89. The summed E-state index contributed by atoms with van der Waals surface area (Å²) in [5.74, 6) is -1.13. The standard InChI is InChI=1S/C45H76NO10P/c1-3-5-7-8-9-10-11-12-13-14-15-16-17-18-22-25-29-35-44(49)53-39-43(40-55-57(51,52)54-38-37-46)56-45(50)36-30-34-42(48)33-28-24-21-19-20-23-27-32-41(47)31-26-6-4-2/h12-13,15-16,18,20-24,27-28,32-33,41-43,47-48H,3-11,14,17,19,25-26,29-31,34-40,46H2,1-2H3,(H,51,52)/b13-12-,16-15-,22-18-,23-20-,24-21-,32-27+,33-28+/t41-,42-,43-/m1/s1. The molecule has 0 aromatic rings. The Labute approximate surface area is 344 Å². The van der Waals surface area contributed by atoms with Gasteiger partial charge in [0.25, 0.3) is 0 Å². The second-order valence-electron chi connectivity index (χ2n) is 13.9. The number of carbonyl (C=O) groups excluding carboxylic acids is 2. The molecular formula is C45H76NO10P. The number of carbonyl (C=O) groups is 2. The summed E-state index contributed by atoms with van der Waals surface area (Å²) in [5.41, 5.74) is 5.32. The van der Waals surface area contributed by atoms with E-state index in [9.17, 15) is 29.3 Å². The van der Waals surface area contributed by atoms with Gasteiger partial charge in [-0.15, -0.1) is 0 Å². The predicted octanol–water partition coefficient (Wildman–Crippen LogP) is 9.99. The van der Waals surface area contributed by atoms with Crippen LogP contribution >= 0.6 is 7.82 Å². The lowest BCUT2D eigenvalue weighted by atomic mass is 10.1. The molecule has 326 valence electrons. The van der Waals surface area contributed by atoms with Crippen molar-refractivity contribution >= 4 is 19.8 Å². The molecule has 0 spiro atoms. The highest BCUT2D eigenvalue weighted by Gasteiger charge is 2.26. The van der Waals surface area contributed by atoms with Crippen LogP contribution in [0.3, 0.4) is 0 Å². The topological polar surface area (TPSA) is 175 Å². The van der Waals surface area contributed by atoms with E-state index in [0.717, 1.165) is 44.9 Å². The van der Waals surface area contributed by atoms with E-state index in [4.69, 9.17) is 24.3 Å². The van der Waals surface area contributed by atoms with Crippen LogP contribution in [0, 0.1) is 0 Å². The first-order chi connectivity index (χ1) is 27.6. The predicted molar refractivity (Wildman–Crippen MR) is 231 cm³/mol. The lowest BCUT2D eigenvalue weighted by molar-refractivity contribution is -0.161. The molecule has 0 bridgehead atoms. The minimum Gasteiger partial charge on any atom is -0.462 e. The molecule has 0 radical (unpaired) electrons. The fourth-order valence-corrected chi connectivity index (χ4v) is 5.98. The van der Waals surface area contributed by atoms with Crippen molar-refractivity contribution in [2.24, 2.45) is 5.73 Å². The molecule has 0 aromatic heterocycles. The zero-order valence-electron chi connectivity index (χ0n) is 35.0. The molecule has 11 nitrogen and oxygen atoms in total. The maximum atomic E-state index is 12.6. The number of ether oxygens (including phenoxy) is 2. The van der Waals surface area contributed by atoms with E-state index >= 15 is 0 Å². The summed E-state index contributed by atoms with van der Waals surface area (Å²) in [4.78, 5) is 34.8. The number of esters is 2. The van der Waals surface area contributed by atoms with Gasteiger partial charge in [0.05, 0.1) is 25.4 Å². The Balaban J connectivity index is 4.51. The summed E-state index contributed by atoms with van der Waals surface area (Å²) >= 11 is 0. The fraction of sp³-hybridized carbons (Fsp3) is 0.644. The Morgan fingerprint density at radius 2 is 1.14 bits per heavy atom. The van der Waals surface area contributed by atoms with Gasteiger partial charge in [0.2, 0.25) is 0 Å². The SMILES string of the molecule is CCCCCCCC/C=C\C/C=C\C/C=C\CCCC(=O)OC[C@H](COP(=O)(O)OCCN)OC(=O)CCC[C@H](O)/C=C/C=C\C/C=C\C=C\[C@H](O)CCCCC. The van der Waals surface area contributed by atoms with Crippen LogP contribution in [0.25, 0.3) is 0 Å². The van der Waals surface area contributed by atoms with E-state index in [1.54, 1.807) is 18.2 Å². The molecule has 4 atom stereocenters. The number of phosphoric acid groups is 1. The van der Waals surface area contributed by atoms with Crippen LogP contribution in [0.2, 0.25) is 0 Å². The van der Waals surface area contributed by atoms with Gasteiger partial charge in [0.15, 0.2) is 6.10 Å². The Morgan fingerprint density at radius 1 is 0.614 bits per heavy atom. The third-order valence-corrected chi connectivity index (χ3v) is 9.45. The lowest BCUT2D eigenvalue weighted by Gasteiger charge is -2.20. The molecule has 0 aliphatic rings. The molecule has 0 fully saturated rings. The van der Waals surface area contributed by atoms with E-state index < -0.39 is 44.7 Å². The molecular weight excluding hydrogens is 745 g/mol. The second-order valence-corrected chi connectivity index (χ2v) is 15.4. The molecule has 0 aliphatic heterocycles. The van der Waals surface area contributed by atoms with Gasteiger partial charge in [0, 0.05) is 19.4 Å². The minimum absolute atomic E-state index is 0.00507. The molecule has 5 N–H and O–H groups in total. The zero-order chi connectivity index (χ0) is 42.1. The number of rotatable bonds is 38. The fourth-order valence-electron chi connectivity index (χ4n) is 5.22. The summed E-state index contributed by atoms with van der Waals surface area (Å²) in [6, 6.07) is 0. The molecule has 0 rings (SSSR count). The first kappa shape index (κ1) is 54.1. The molecule has 1 unspecified atom stereocenters. The zero-order valence-corrected chi connectivity index (χ0v) is 35.9. The highest BCUT2D eigenvalue weighted by Crippen LogP contribution is 2.43. The molecule has 12 heteroatoms. The van der Waals surface area contributed by atoms with Crippen LogP contribution in [0.5, 0.6) is 0 Å².